The summed E-state index contributed by atoms with van der Waals surface area (Å²) >= 11 is 0. The van der Waals surface area contributed by atoms with Crippen LogP contribution in [0.1, 0.15) is 43.7 Å². The van der Waals surface area contributed by atoms with Crippen molar-refractivity contribution in [3.63, 3.8) is 0 Å². The van der Waals surface area contributed by atoms with Crippen molar-refractivity contribution in [2.24, 2.45) is 10.8 Å². The topological polar surface area (TPSA) is 431 Å². The van der Waals surface area contributed by atoms with E-state index in [1.54, 1.807) is 24.3 Å². The first-order valence-electron chi connectivity index (χ1n) is 19.0. The molecular weight excluding hydrogens is 896 g/mol. The van der Waals surface area contributed by atoms with Crippen LogP contribution in [0.25, 0.3) is 21.6 Å². The van der Waals surface area contributed by atoms with E-state index in [0.29, 0.717) is 24.1 Å². The van der Waals surface area contributed by atoms with Crippen molar-refractivity contribution in [1.82, 2.24) is 34.4 Å². The van der Waals surface area contributed by atoms with Gasteiger partial charge in [-0.1, -0.05) is 29.4 Å². The number of nitrogen functional groups attached to an aromatic ring is 2. The Morgan fingerprint density at radius 1 is 1.03 bits per heavy atom. The number of hydrogen-bond donors (Lipinski definition) is 8. The minimum Gasteiger partial charge on any atom is -0.455 e. The quantitative estimate of drug-likeness (QED) is 0.0151. The maximum Gasteiger partial charge on any atom is 0.472 e. The Balaban J connectivity index is 1.07. The molecule has 2 aliphatic heterocycles. The number of phosphoric ester groups is 2. The number of rotatable bonds is 20. The molecule has 346 valence electrons. The molecule has 2 aliphatic rings. The molecule has 64 heavy (non-hydrogen) atoms. The first-order chi connectivity index (χ1) is 30.4. The molecule has 6 rings (SSSR count). The molecular formula is C33H43N13O16P2. The maximum absolute atomic E-state index is 13.4. The third-order valence-electron chi connectivity index (χ3n) is 9.62. The molecule has 2 unspecified atom stereocenters. The molecule has 11 N–H and O–H groups in total. The van der Waals surface area contributed by atoms with E-state index in [4.69, 9.17) is 50.7 Å². The monoisotopic (exact) mass is 939 g/mol. The van der Waals surface area contributed by atoms with Crippen LogP contribution in [0.4, 0.5) is 22.1 Å². The predicted molar refractivity (Wildman–Crippen MR) is 215 cm³/mol. The molecule has 9 atom stereocenters. The average molecular weight is 940 g/mol. The van der Waals surface area contributed by atoms with Crippen LogP contribution in [0.15, 0.2) is 59.1 Å². The number of ether oxygens (including phenoxy) is 4. The lowest BCUT2D eigenvalue weighted by Crippen LogP contribution is -2.43. The van der Waals surface area contributed by atoms with Crippen LogP contribution in [0.5, 0.6) is 0 Å². The van der Waals surface area contributed by atoms with Gasteiger partial charge >= 0.3 is 33.4 Å². The van der Waals surface area contributed by atoms with Gasteiger partial charge in [-0.25, -0.2) is 33.7 Å². The standard InChI is InChI=1S/C33H43N13O16P2/c34-19(3-1-2-9-38-33(50)56-12-17-4-6-18(7-5-17)43-44-37)31(48)61-27-22(60-30(26(27)47)46-16-41-25-28(36)39-15-40-29(25)46)14-58-64(54,55)62-20-11-24(45-10-8-23(35)42-32(45)49)59-21(20)13-57-63(51,52)53/h4-8,10,15-16,19-22,24,26-27,30,47H,1-3,9,11-14,34H2,(H,38,50)(H,54,55)(H2,35,42,49)(H2,36,39,40)(H2,51,52,53)/t19?,20-,21+,22+,24+,26+,27+,30+/m0/s1. The molecule has 0 radical (unpaired) electrons. The van der Waals surface area contributed by atoms with Gasteiger partial charge in [0.1, 0.15) is 61.0 Å². The van der Waals surface area contributed by atoms with Crippen molar-refractivity contribution >= 4 is 56.2 Å². The molecule has 2 fully saturated rings. The highest BCUT2D eigenvalue weighted by Crippen LogP contribution is 2.50. The fraction of sp³-hybridized carbons (Fsp3) is 0.485. The van der Waals surface area contributed by atoms with Gasteiger partial charge in [0.2, 0.25) is 0 Å². The zero-order valence-electron chi connectivity index (χ0n) is 33.2. The molecule has 2 saturated heterocycles. The second-order valence-corrected chi connectivity index (χ2v) is 16.7. The molecule has 5 heterocycles. The number of unbranched alkanes of at least 4 members (excludes halogenated alkanes) is 1. The summed E-state index contributed by atoms with van der Waals surface area (Å²) in [4.78, 5) is 85.8. The van der Waals surface area contributed by atoms with E-state index < -0.39 is 95.6 Å². The second-order valence-electron chi connectivity index (χ2n) is 14.1. The van der Waals surface area contributed by atoms with Gasteiger partial charge in [-0.05, 0) is 36.4 Å². The Morgan fingerprint density at radius 3 is 2.50 bits per heavy atom. The van der Waals surface area contributed by atoms with Crippen molar-refractivity contribution in [2.75, 3.05) is 31.2 Å². The highest BCUT2D eigenvalue weighted by atomic mass is 31.2. The van der Waals surface area contributed by atoms with Gasteiger partial charge in [0.25, 0.3) is 0 Å². The molecule has 1 aromatic carbocycles. The van der Waals surface area contributed by atoms with Gasteiger partial charge in [0, 0.05) is 29.8 Å². The second kappa shape index (κ2) is 20.9. The maximum atomic E-state index is 13.4. The summed E-state index contributed by atoms with van der Waals surface area (Å²) in [6, 6.07) is 6.44. The van der Waals surface area contributed by atoms with E-state index in [1.165, 1.54) is 23.2 Å². The van der Waals surface area contributed by atoms with Crippen LogP contribution < -0.4 is 28.2 Å². The van der Waals surface area contributed by atoms with Gasteiger partial charge in [-0.3, -0.25) is 27.5 Å². The number of nitrogens with two attached hydrogens (primary N) is 3. The summed E-state index contributed by atoms with van der Waals surface area (Å²) in [5.74, 6) is -1.09. The summed E-state index contributed by atoms with van der Waals surface area (Å²) in [5.41, 5.74) is 26.6. The number of nitrogens with one attached hydrogen (secondary N) is 1. The number of aliphatic hydroxyl groups is 1. The van der Waals surface area contributed by atoms with Crippen molar-refractivity contribution in [3.8, 4) is 0 Å². The first kappa shape index (κ1) is 47.8. The normalized spacial score (nSPS) is 23.5. The van der Waals surface area contributed by atoms with E-state index in [9.17, 15) is 43.3 Å². The Labute approximate surface area is 360 Å². The lowest BCUT2D eigenvalue weighted by Gasteiger charge is -2.24. The molecule has 1 amide bonds. The third kappa shape index (κ3) is 12.5. The highest BCUT2D eigenvalue weighted by Gasteiger charge is 2.50. The van der Waals surface area contributed by atoms with Gasteiger partial charge < -0.3 is 61.3 Å². The molecule has 3 aromatic heterocycles. The lowest BCUT2D eigenvalue weighted by atomic mass is 10.1. The summed E-state index contributed by atoms with van der Waals surface area (Å²) in [7, 11) is -10.3. The number of imidazole rings is 1. The Morgan fingerprint density at radius 2 is 1.78 bits per heavy atom. The van der Waals surface area contributed by atoms with Crippen molar-refractivity contribution in [2.45, 2.75) is 81.3 Å². The molecule has 0 aliphatic carbocycles. The van der Waals surface area contributed by atoms with E-state index in [0.717, 1.165) is 10.9 Å². The smallest absolute Gasteiger partial charge is 0.455 e. The lowest BCUT2D eigenvalue weighted by molar-refractivity contribution is -0.158. The number of carbonyl (C=O) groups excluding carboxylic acids is 2. The van der Waals surface area contributed by atoms with Crippen LogP contribution in [0.3, 0.4) is 0 Å². The van der Waals surface area contributed by atoms with E-state index in [1.807, 2.05) is 0 Å². The van der Waals surface area contributed by atoms with Gasteiger partial charge in [-0.15, -0.1) is 0 Å². The highest BCUT2D eigenvalue weighted by molar-refractivity contribution is 7.47. The van der Waals surface area contributed by atoms with Crippen LogP contribution >= 0.6 is 15.6 Å². The minimum absolute atomic E-state index is 0.00547. The number of carbonyl (C=O) groups is 2. The number of aromatic nitrogens is 6. The Bertz CT molecular complexity index is 2490. The number of hydrogen-bond acceptors (Lipinski definition) is 21. The van der Waals surface area contributed by atoms with Crippen LogP contribution in [-0.2, 0) is 53.1 Å². The van der Waals surface area contributed by atoms with Crippen LogP contribution in [0, 0.1) is 0 Å². The van der Waals surface area contributed by atoms with Crippen molar-refractivity contribution in [3.05, 3.63) is 75.7 Å². The van der Waals surface area contributed by atoms with Crippen molar-refractivity contribution < 1.29 is 71.0 Å². The number of phosphoric acid groups is 2. The molecule has 31 heteroatoms. The molecule has 29 nitrogen and oxygen atoms in total. The van der Waals surface area contributed by atoms with Crippen LogP contribution in [0.2, 0.25) is 0 Å². The van der Waals surface area contributed by atoms with Crippen molar-refractivity contribution in [1.29, 1.82) is 0 Å². The molecule has 4 aromatic rings. The number of fused-ring (bicyclic) bond motifs is 1. The van der Waals surface area contributed by atoms with Gasteiger partial charge in [-0.2, -0.15) is 4.98 Å². The fourth-order valence-electron chi connectivity index (χ4n) is 6.53. The number of aliphatic hydroxyl groups excluding tert-OH is 1. The molecule has 0 bridgehead atoms. The largest absolute Gasteiger partial charge is 0.472 e. The zero-order chi connectivity index (χ0) is 46.2. The number of nitrogens with zero attached hydrogens (tertiary/aromatic N) is 9. The van der Waals surface area contributed by atoms with Gasteiger partial charge in [0.15, 0.2) is 23.8 Å². The fourth-order valence-corrected chi connectivity index (χ4v) is 7.83. The third-order valence-corrected chi connectivity index (χ3v) is 11.1. The Kier molecular flexibility index (Phi) is 15.6. The Hall–Kier alpha value is -5.64. The summed E-state index contributed by atoms with van der Waals surface area (Å²) < 4.78 is 64.8. The molecule has 0 saturated carbocycles. The minimum atomic E-state index is -5.20. The average Bonchev–Trinajstić information content (AvgIpc) is 3.94. The summed E-state index contributed by atoms with van der Waals surface area (Å²) in [6.45, 7) is -1.59. The van der Waals surface area contributed by atoms with Crippen LogP contribution in [-0.4, -0.2) is 117 Å². The summed E-state index contributed by atoms with van der Waals surface area (Å²) in [6.07, 6.45) is -6.99. The van der Waals surface area contributed by atoms with Gasteiger partial charge in [0.05, 0.1) is 19.5 Å². The van der Waals surface area contributed by atoms with E-state index >= 15 is 0 Å². The SMILES string of the molecule is [N-]=[N+]=Nc1ccc(COC(=O)NCCCCC(N)C(=O)O[C@H]2[C@@H](O)[C@H](n3cnc4c(N)ncnc43)O[C@@H]2COP(=O)(O)O[C@H]2C[C@H](n3ccc(N)nc3=O)O[C@@H]2COP(=O)(O)O)cc1. The zero-order valence-corrected chi connectivity index (χ0v) is 35.0. The number of amides is 1. The van der Waals surface area contributed by atoms with E-state index in [-0.39, 0.29) is 48.8 Å². The van der Waals surface area contributed by atoms with E-state index in [2.05, 4.69) is 39.8 Å². The summed E-state index contributed by atoms with van der Waals surface area (Å²) in [5, 5.41) is 17.6. The number of alkyl carbamates (subject to hydrolysis) is 1. The first-order valence-corrected chi connectivity index (χ1v) is 22.1. The predicted octanol–water partition coefficient (Wildman–Crippen LogP) is 0.683. The number of anilines is 2. The number of benzene rings is 1. The number of azide groups is 1. The number of esters is 1. The molecule has 0 spiro atoms.